The number of carbonyl (C=O) groups is 4. The molecule has 2 heterocycles. The molecule has 8 nitrogen and oxygen atoms in total. The van der Waals surface area contributed by atoms with Crippen molar-refractivity contribution in [3.8, 4) is 0 Å². The molecule has 2 aliphatic rings. The molecular formula is C28H10Br4Cl2N2O6S. The Labute approximate surface area is 287 Å². The lowest BCUT2D eigenvalue weighted by atomic mass is 10.1. The number of fused-ring (bicyclic) bond motifs is 2. The number of halogens is 6. The van der Waals surface area contributed by atoms with E-state index in [0.29, 0.717) is 17.9 Å². The minimum absolute atomic E-state index is 0.0723. The second-order valence-corrected chi connectivity index (χ2v) is 15.2. The Morgan fingerprint density at radius 3 is 1.26 bits per heavy atom. The van der Waals surface area contributed by atoms with E-state index in [2.05, 4.69) is 63.7 Å². The molecule has 15 heteroatoms. The van der Waals surface area contributed by atoms with Gasteiger partial charge in [0.2, 0.25) is 9.84 Å². The summed E-state index contributed by atoms with van der Waals surface area (Å²) in [6.07, 6.45) is 0. The molecule has 0 atom stereocenters. The van der Waals surface area contributed by atoms with Gasteiger partial charge in [-0.15, -0.1) is 0 Å². The van der Waals surface area contributed by atoms with Crippen LogP contribution < -0.4 is 9.80 Å². The summed E-state index contributed by atoms with van der Waals surface area (Å²) in [5, 5.41) is -0.518. The average molecular weight is 893 g/mol. The van der Waals surface area contributed by atoms with Crippen molar-refractivity contribution in [1.82, 2.24) is 0 Å². The number of imide groups is 2. The lowest BCUT2D eigenvalue weighted by molar-refractivity contribution is 0.0910. The fraction of sp³-hybridized carbons (Fsp3) is 0. The highest BCUT2D eigenvalue weighted by atomic mass is 79.9. The molecule has 4 amide bonds. The van der Waals surface area contributed by atoms with E-state index in [1.165, 1.54) is 48.5 Å². The minimum Gasteiger partial charge on any atom is -0.268 e. The summed E-state index contributed by atoms with van der Waals surface area (Å²) in [7, 11) is -4.33. The molecule has 0 saturated carbocycles. The van der Waals surface area contributed by atoms with Gasteiger partial charge in [0.25, 0.3) is 23.6 Å². The zero-order valence-electron chi connectivity index (χ0n) is 20.8. The van der Waals surface area contributed by atoms with Crippen molar-refractivity contribution in [2.75, 3.05) is 9.80 Å². The molecule has 0 fully saturated rings. The molecule has 0 aliphatic carbocycles. The molecule has 0 aromatic heterocycles. The number of carbonyl (C=O) groups excluding carboxylic acids is 4. The number of hydrogen-bond donors (Lipinski definition) is 0. The van der Waals surface area contributed by atoms with Crippen molar-refractivity contribution in [3.05, 3.63) is 111 Å². The number of sulfone groups is 1. The quantitative estimate of drug-likeness (QED) is 0.190. The van der Waals surface area contributed by atoms with E-state index in [0.717, 1.165) is 9.80 Å². The van der Waals surface area contributed by atoms with E-state index in [9.17, 15) is 27.6 Å². The second kappa shape index (κ2) is 10.9. The molecule has 216 valence electrons. The van der Waals surface area contributed by atoms with Crippen LogP contribution in [-0.4, -0.2) is 32.0 Å². The molecular weight excluding hydrogens is 883 g/mol. The topological polar surface area (TPSA) is 109 Å². The van der Waals surface area contributed by atoms with E-state index in [4.69, 9.17) is 23.2 Å². The molecule has 0 saturated heterocycles. The van der Waals surface area contributed by atoms with Gasteiger partial charge >= 0.3 is 0 Å². The van der Waals surface area contributed by atoms with Gasteiger partial charge in [-0.05, 0) is 124 Å². The highest BCUT2D eigenvalue weighted by molar-refractivity contribution is 9.13. The number of anilines is 2. The molecule has 0 unspecified atom stereocenters. The van der Waals surface area contributed by atoms with Gasteiger partial charge in [-0.25, -0.2) is 18.2 Å². The van der Waals surface area contributed by atoms with Crippen LogP contribution in [0.3, 0.4) is 0 Å². The van der Waals surface area contributed by atoms with Crippen LogP contribution in [0.5, 0.6) is 0 Å². The molecule has 43 heavy (non-hydrogen) atoms. The highest BCUT2D eigenvalue weighted by Gasteiger charge is 2.41. The van der Waals surface area contributed by atoms with Crippen molar-refractivity contribution < 1.29 is 27.6 Å². The van der Waals surface area contributed by atoms with E-state index in [1.54, 1.807) is 12.1 Å². The van der Waals surface area contributed by atoms with Gasteiger partial charge in [0.1, 0.15) is 0 Å². The first-order valence-electron chi connectivity index (χ1n) is 11.8. The zero-order valence-corrected chi connectivity index (χ0v) is 29.5. The first-order chi connectivity index (χ1) is 20.2. The third kappa shape index (κ3) is 4.66. The number of nitrogens with zero attached hydrogens (tertiary/aromatic N) is 2. The molecule has 2 aliphatic heterocycles. The summed E-state index contributed by atoms with van der Waals surface area (Å²) in [6.45, 7) is 0. The lowest BCUT2D eigenvalue weighted by Gasteiger charge is -2.17. The van der Waals surface area contributed by atoms with Gasteiger partial charge in [-0.2, -0.15) is 0 Å². The van der Waals surface area contributed by atoms with Crippen LogP contribution in [0.4, 0.5) is 11.4 Å². The third-order valence-electron chi connectivity index (χ3n) is 6.82. The van der Waals surface area contributed by atoms with Gasteiger partial charge in [0, 0.05) is 17.9 Å². The maximum absolute atomic E-state index is 13.6. The van der Waals surface area contributed by atoms with E-state index in [-0.39, 0.29) is 53.5 Å². The van der Waals surface area contributed by atoms with Crippen molar-refractivity contribution in [2.45, 2.75) is 9.79 Å². The molecule has 0 radical (unpaired) electrons. The highest BCUT2D eigenvalue weighted by Crippen LogP contribution is 2.41. The summed E-state index contributed by atoms with van der Waals surface area (Å²) < 4.78 is 29.3. The van der Waals surface area contributed by atoms with Gasteiger partial charge < -0.3 is 0 Å². The Bertz CT molecular complexity index is 1980. The smallest absolute Gasteiger partial charge is 0.267 e. The Morgan fingerprint density at radius 2 is 0.907 bits per heavy atom. The van der Waals surface area contributed by atoms with Gasteiger partial charge in [0.15, 0.2) is 0 Å². The van der Waals surface area contributed by atoms with E-state index < -0.39 is 33.5 Å². The Kier molecular flexibility index (Phi) is 7.76. The summed E-state index contributed by atoms with van der Waals surface area (Å²) in [4.78, 5) is 53.6. The number of benzene rings is 4. The van der Waals surface area contributed by atoms with E-state index in [1.807, 2.05) is 0 Å². The molecule has 4 aromatic rings. The molecule has 0 spiro atoms. The summed E-state index contributed by atoms with van der Waals surface area (Å²) in [6, 6.07) is 13.6. The van der Waals surface area contributed by atoms with Crippen LogP contribution in [-0.2, 0) is 9.84 Å². The maximum atomic E-state index is 13.6. The molecule has 0 bridgehead atoms. The largest absolute Gasteiger partial charge is 0.268 e. The van der Waals surface area contributed by atoms with Crippen LogP contribution in [0.15, 0.2) is 88.3 Å². The predicted molar refractivity (Wildman–Crippen MR) is 174 cm³/mol. The Hall–Kier alpha value is -2.39. The summed E-state index contributed by atoms with van der Waals surface area (Å²) in [5.41, 5.74) is 0.830. The number of rotatable bonds is 4. The standard InChI is InChI=1S/C28H10Br4Cl2N2O6S/c29-15-5-3-13-21(23(15)31)27(39)35(25(13)37)11-1-7-19(17(33)9-11)43(41,42)20-8-2-12(10-18(20)34)36-26(38)14-4-6-16(30)24(32)22(14)28(36)40/h1-10H. The van der Waals surface area contributed by atoms with Crippen molar-refractivity contribution in [2.24, 2.45) is 0 Å². The third-order valence-corrected chi connectivity index (χ3v) is 13.6. The first-order valence-corrected chi connectivity index (χ1v) is 17.2. The maximum Gasteiger partial charge on any atom is 0.267 e. The van der Waals surface area contributed by atoms with E-state index >= 15 is 0 Å². The van der Waals surface area contributed by atoms with Crippen LogP contribution in [0.1, 0.15) is 41.4 Å². The van der Waals surface area contributed by atoms with Crippen LogP contribution in [0.25, 0.3) is 0 Å². The van der Waals surface area contributed by atoms with Crippen molar-refractivity contribution in [1.29, 1.82) is 0 Å². The summed E-state index contributed by atoms with van der Waals surface area (Å²) >= 11 is 26.1. The second-order valence-electron chi connectivity index (χ2n) is 9.19. The van der Waals surface area contributed by atoms with Crippen molar-refractivity contribution >= 4 is 132 Å². The van der Waals surface area contributed by atoms with Crippen LogP contribution in [0, 0.1) is 0 Å². The fourth-order valence-electron chi connectivity index (χ4n) is 4.81. The lowest BCUT2D eigenvalue weighted by Crippen LogP contribution is -2.29. The number of amides is 4. The number of hydrogen-bond acceptors (Lipinski definition) is 6. The Morgan fingerprint density at radius 1 is 0.535 bits per heavy atom. The Balaban J connectivity index is 1.33. The predicted octanol–water partition coefficient (Wildman–Crippen LogP) is 8.48. The first kappa shape index (κ1) is 30.6. The van der Waals surface area contributed by atoms with Gasteiger partial charge in [-0.1, -0.05) is 23.2 Å². The van der Waals surface area contributed by atoms with Crippen LogP contribution >= 0.6 is 86.9 Å². The summed E-state index contributed by atoms with van der Waals surface area (Å²) in [5.74, 6) is -2.39. The normalized spacial score (nSPS) is 14.6. The SMILES string of the molecule is O=C1c2ccc(Br)c(Br)c2C(=O)N1c1ccc(S(=O)(=O)c2ccc(N3C(=O)c4ccc(Br)c(Br)c4C3=O)cc2Cl)c(Cl)c1. The van der Waals surface area contributed by atoms with Gasteiger partial charge in [-0.3, -0.25) is 19.2 Å². The van der Waals surface area contributed by atoms with Gasteiger partial charge in [0.05, 0.1) is 53.5 Å². The monoisotopic (exact) mass is 888 g/mol. The molecule has 6 rings (SSSR count). The molecule has 0 N–H and O–H groups in total. The van der Waals surface area contributed by atoms with Crippen molar-refractivity contribution in [3.63, 3.8) is 0 Å². The van der Waals surface area contributed by atoms with Crippen LogP contribution in [0.2, 0.25) is 10.0 Å². The zero-order chi connectivity index (χ0) is 31.1. The molecule has 4 aromatic carbocycles. The average Bonchev–Trinajstić information content (AvgIpc) is 3.36. The fourth-order valence-corrected chi connectivity index (χ4v) is 8.82. The minimum atomic E-state index is -4.33.